The summed E-state index contributed by atoms with van der Waals surface area (Å²) in [6.07, 6.45) is 2.64. The minimum atomic E-state index is -0.291. The Labute approximate surface area is 102 Å². The third kappa shape index (κ3) is 3.28. The molecular weight excluding hydrogens is 218 g/mol. The van der Waals surface area contributed by atoms with Gasteiger partial charge in [-0.1, -0.05) is 13.8 Å². The predicted molar refractivity (Wildman–Crippen MR) is 66.1 cm³/mol. The summed E-state index contributed by atoms with van der Waals surface area (Å²) in [4.78, 5) is 13.8. The number of carbonyl (C=O) groups is 1. The average Bonchev–Trinajstić information content (AvgIpc) is 2.69. The van der Waals surface area contributed by atoms with Crippen LogP contribution in [0.4, 0.5) is 0 Å². The fraction of sp³-hybridized carbons (Fsp3) is 0.636. The summed E-state index contributed by atoms with van der Waals surface area (Å²) in [6.45, 7) is 6.91. The van der Waals surface area contributed by atoms with Gasteiger partial charge in [0.05, 0.1) is 17.5 Å². The Hall–Kier alpha value is -1.40. The number of hydrogen-bond donors (Lipinski definition) is 2. The first-order valence-corrected chi connectivity index (χ1v) is 5.88. The molecule has 1 rings (SSSR count). The van der Waals surface area contributed by atoms with Crippen molar-refractivity contribution in [1.82, 2.24) is 20.1 Å². The Bertz CT molecular complexity index is 374. The number of hydrogen-bond acceptors (Lipinski definition) is 4. The summed E-state index contributed by atoms with van der Waals surface area (Å²) in [5, 5.41) is 4.11. The summed E-state index contributed by atoms with van der Waals surface area (Å²) < 4.78 is 1.73. The van der Waals surface area contributed by atoms with Gasteiger partial charge in [-0.25, -0.2) is 5.84 Å². The molecule has 0 saturated heterocycles. The van der Waals surface area contributed by atoms with Crippen molar-refractivity contribution in [1.29, 1.82) is 0 Å². The van der Waals surface area contributed by atoms with Gasteiger partial charge in [-0.2, -0.15) is 5.10 Å². The maximum absolute atomic E-state index is 11.6. The fourth-order valence-electron chi connectivity index (χ4n) is 1.79. The Morgan fingerprint density at radius 2 is 2.29 bits per heavy atom. The lowest BCUT2D eigenvalue weighted by Crippen LogP contribution is -2.32. The molecule has 0 aromatic carbocycles. The Balaban J connectivity index is 2.88. The topological polar surface area (TPSA) is 76.2 Å². The molecule has 0 saturated carbocycles. The maximum atomic E-state index is 11.6. The van der Waals surface area contributed by atoms with E-state index in [4.69, 9.17) is 5.84 Å². The van der Waals surface area contributed by atoms with Crippen LogP contribution < -0.4 is 11.3 Å². The summed E-state index contributed by atoms with van der Waals surface area (Å²) in [6, 6.07) is 0. The van der Waals surface area contributed by atoms with Crippen LogP contribution in [0, 0.1) is 0 Å². The van der Waals surface area contributed by atoms with Crippen LogP contribution >= 0.6 is 0 Å². The van der Waals surface area contributed by atoms with E-state index in [0.29, 0.717) is 12.1 Å². The van der Waals surface area contributed by atoms with Crippen LogP contribution in [0.3, 0.4) is 0 Å². The quantitative estimate of drug-likeness (QED) is 0.424. The van der Waals surface area contributed by atoms with Gasteiger partial charge >= 0.3 is 0 Å². The van der Waals surface area contributed by atoms with Crippen molar-refractivity contribution in [2.45, 2.75) is 26.8 Å². The highest BCUT2D eigenvalue weighted by atomic mass is 16.2. The molecule has 0 bridgehead atoms. The average molecular weight is 239 g/mol. The van der Waals surface area contributed by atoms with E-state index in [-0.39, 0.29) is 5.91 Å². The summed E-state index contributed by atoms with van der Waals surface area (Å²) in [5.41, 5.74) is 3.59. The molecule has 0 aliphatic heterocycles. The second-order valence-electron chi connectivity index (χ2n) is 3.97. The molecule has 0 radical (unpaired) electrons. The zero-order valence-corrected chi connectivity index (χ0v) is 10.7. The lowest BCUT2D eigenvalue weighted by Gasteiger charge is -2.20. The van der Waals surface area contributed by atoms with Crippen LogP contribution in [0.1, 0.15) is 36.3 Å². The number of nitrogen functional groups attached to an aromatic ring is 1. The van der Waals surface area contributed by atoms with Crippen LogP contribution in [0.25, 0.3) is 0 Å². The molecule has 1 heterocycles. The number of hydrazine groups is 1. The smallest absolute Gasteiger partial charge is 0.268 e. The molecule has 6 heteroatoms. The number of aromatic nitrogens is 2. The van der Waals surface area contributed by atoms with E-state index in [1.54, 1.807) is 10.9 Å². The molecule has 1 aromatic heterocycles. The van der Waals surface area contributed by atoms with Gasteiger partial charge in [0.25, 0.3) is 5.91 Å². The highest BCUT2D eigenvalue weighted by molar-refractivity contribution is 5.94. The van der Waals surface area contributed by atoms with Crippen molar-refractivity contribution >= 4 is 5.91 Å². The molecule has 0 spiro atoms. The fourth-order valence-corrected chi connectivity index (χ4v) is 1.79. The third-order valence-corrected chi connectivity index (χ3v) is 2.80. The van der Waals surface area contributed by atoms with E-state index in [9.17, 15) is 4.79 Å². The Morgan fingerprint density at radius 1 is 1.59 bits per heavy atom. The van der Waals surface area contributed by atoms with Gasteiger partial charge in [-0.15, -0.1) is 0 Å². The highest BCUT2D eigenvalue weighted by Gasteiger charge is 2.16. The van der Waals surface area contributed by atoms with E-state index in [0.717, 1.165) is 25.2 Å². The van der Waals surface area contributed by atoms with Crippen molar-refractivity contribution in [2.75, 3.05) is 13.1 Å². The summed E-state index contributed by atoms with van der Waals surface area (Å²) in [7, 11) is 1.84. The number of nitrogens with zero attached hydrogens (tertiary/aromatic N) is 3. The molecule has 3 N–H and O–H groups in total. The number of rotatable bonds is 6. The van der Waals surface area contributed by atoms with Gasteiger partial charge < -0.3 is 0 Å². The van der Waals surface area contributed by atoms with E-state index >= 15 is 0 Å². The molecule has 0 unspecified atom stereocenters. The predicted octanol–water partition coefficient (Wildman–Crippen LogP) is 0.256. The van der Waals surface area contributed by atoms with Crippen molar-refractivity contribution in [3.05, 3.63) is 17.5 Å². The molecular formula is C11H21N5O. The van der Waals surface area contributed by atoms with Gasteiger partial charge in [0.2, 0.25) is 0 Å². The van der Waals surface area contributed by atoms with Crippen LogP contribution in [-0.2, 0) is 13.6 Å². The van der Waals surface area contributed by atoms with E-state index in [1.165, 1.54) is 0 Å². The zero-order chi connectivity index (χ0) is 12.8. The van der Waals surface area contributed by atoms with E-state index in [1.807, 2.05) is 7.05 Å². The van der Waals surface area contributed by atoms with Gasteiger partial charge in [0, 0.05) is 13.6 Å². The second kappa shape index (κ2) is 6.36. The lowest BCUT2D eigenvalue weighted by molar-refractivity contribution is 0.0951. The molecule has 1 amide bonds. The lowest BCUT2D eigenvalue weighted by atomic mass is 10.2. The van der Waals surface area contributed by atoms with Gasteiger partial charge in [-0.3, -0.25) is 19.8 Å². The highest BCUT2D eigenvalue weighted by Crippen LogP contribution is 2.10. The van der Waals surface area contributed by atoms with Crippen molar-refractivity contribution in [3.8, 4) is 0 Å². The largest absolute Gasteiger partial charge is 0.298 e. The first-order chi connectivity index (χ1) is 8.13. The van der Waals surface area contributed by atoms with Gasteiger partial charge in [0.15, 0.2) is 0 Å². The first kappa shape index (κ1) is 13.7. The molecule has 0 aliphatic carbocycles. The number of amides is 1. The monoisotopic (exact) mass is 239 g/mol. The summed E-state index contributed by atoms with van der Waals surface area (Å²) >= 11 is 0. The van der Waals surface area contributed by atoms with Crippen LogP contribution in [0.2, 0.25) is 0 Å². The number of carbonyl (C=O) groups excluding carboxylic acids is 1. The molecule has 0 fully saturated rings. The second-order valence-corrected chi connectivity index (χ2v) is 3.97. The van der Waals surface area contributed by atoms with Crippen molar-refractivity contribution < 1.29 is 4.79 Å². The van der Waals surface area contributed by atoms with Crippen LogP contribution in [-0.4, -0.2) is 33.7 Å². The molecule has 0 atom stereocenters. The van der Waals surface area contributed by atoms with Crippen molar-refractivity contribution in [2.24, 2.45) is 12.9 Å². The van der Waals surface area contributed by atoms with Gasteiger partial charge in [0.1, 0.15) is 0 Å². The molecule has 6 nitrogen and oxygen atoms in total. The molecule has 0 aliphatic rings. The Kier molecular flexibility index (Phi) is 5.11. The normalized spacial score (nSPS) is 10.9. The SMILES string of the molecule is CCCN(CC)Cc1c(C(=O)NN)cnn1C. The minimum Gasteiger partial charge on any atom is -0.298 e. The van der Waals surface area contributed by atoms with Gasteiger partial charge in [-0.05, 0) is 19.5 Å². The number of nitrogens with two attached hydrogens (primary N) is 1. The first-order valence-electron chi connectivity index (χ1n) is 5.88. The summed E-state index contributed by atoms with van der Waals surface area (Å²) in [5.74, 6) is 4.86. The zero-order valence-electron chi connectivity index (χ0n) is 10.7. The standard InChI is InChI=1S/C11H21N5O/c1-4-6-16(5-2)8-10-9(11(17)14-12)7-13-15(10)3/h7H,4-6,8,12H2,1-3H3,(H,14,17). The van der Waals surface area contributed by atoms with E-state index in [2.05, 4.69) is 29.3 Å². The maximum Gasteiger partial charge on any atom is 0.268 e. The number of aryl methyl sites for hydroxylation is 1. The van der Waals surface area contributed by atoms with E-state index < -0.39 is 0 Å². The number of nitrogens with one attached hydrogen (secondary N) is 1. The van der Waals surface area contributed by atoms with Crippen LogP contribution in [0.15, 0.2) is 6.20 Å². The molecule has 1 aromatic rings. The molecule has 96 valence electrons. The van der Waals surface area contributed by atoms with Crippen LogP contribution in [0.5, 0.6) is 0 Å². The van der Waals surface area contributed by atoms with Crippen molar-refractivity contribution in [3.63, 3.8) is 0 Å². The molecule has 17 heavy (non-hydrogen) atoms. The Morgan fingerprint density at radius 3 is 2.82 bits per heavy atom. The minimum absolute atomic E-state index is 0.291. The third-order valence-electron chi connectivity index (χ3n) is 2.80.